The standard InChI is InChI=1S/C16H26N2O2/c1-12(2)11-20-9-5-8-17-16(19)18-15-7-6-13(3)14(4)10-15/h6-7,10,12H,5,8-9,11H2,1-4H3,(H2,17,18,19). The van der Waals surface area contributed by atoms with Crippen LogP contribution in [0.4, 0.5) is 10.5 Å². The van der Waals surface area contributed by atoms with E-state index in [-0.39, 0.29) is 6.03 Å². The summed E-state index contributed by atoms with van der Waals surface area (Å²) in [6.45, 7) is 10.4. The lowest BCUT2D eigenvalue weighted by molar-refractivity contribution is 0.108. The summed E-state index contributed by atoms with van der Waals surface area (Å²) in [5, 5.41) is 5.65. The number of benzene rings is 1. The van der Waals surface area contributed by atoms with Crippen molar-refractivity contribution in [3.63, 3.8) is 0 Å². The van der Waals surface area contributed by atoms with Crippen molar-refractivity contribution in [1.29, 1.82) is 0 Å². The molecule has 0 spiro atoms. The smallest absolute Gasteiger partial charge is 0.319 e. The van der Waals surface area contributed by atoms with Gasteiger partial charge in [-0.15, -0.1) is 0 Å². The highest BCUT2D eigenvalue weighted by molar-refractivity contribution is 5.89. The van der Waals surface area contributed by atoms with Gasteiger partial charge in [-0.3, -0.25) is 0 Å². The quantitative estimate of drug-likeness (QED) is 0.750. The predicted octanol–water partition coefficient (Wildman–Crippen LogP) is 3.49. The van der Waals surface area contributed by atoms with Crippen LogP contribution in [0.2, 0.25) is 0 Å². The number of carbonyl (C=O) groups excluding carboxylic acids is 1. The monoisotopic (exact) mass is 278 g/mol. The van der Waals surface area contributed by atoms with Crippen molar-refractivity contribution >= 4 is 11.7 Å². The third-order valence-corrected chi connectivity index (χ3v) is 2.97. The van der Waals surface area contributed by atoms with Crippen LogP contribution in [0.25, 0.3) is 0 Å². The van der Waals surface area contributed by atoms with E-state index in [0.29, 0.717) is 19.1 Å². The fraction of sp³-hybridized carbons (Fsp3) is 0.562. The van der Waals surface area contributed by atoms with E-state index >= 15 is 0 Å². The van der Waals surface area contributed by atoms with Crippen LogP contribution in [0.3, 0.4) is 0 Å². The maximum absolute atomic E-state index is 11.7. The number of ether oxygens (including phenoxy) is 1. The Hall–Kier alpha value is -1.55. The van der Waals surface area contributed by atoms with Gasteiger partial charge in [-0.05, 0) is 49.4 Å². The van der Waals surface area contributed by atoms with E-state index in [1.54, 1.807) is 0 Å². The number of hydrogen-bond donors (Lipinski definition) is 2. The molecule has 4 heteroatoms. The molecule has 0 aliphatic rings. The molecule has 1 aromatic rings. The maximum Gasteiger partial charge on any atom is 0.319 e. The molecule has 0 heterocycles. The van der Waals surface area contributed by atoms with E-state index in [2.05, 4.69) is 31.4 Å². The molecule has 1 rings (SSSR count). The van der Waals surface area contributed by atoms with E-state index in [1.807, 2.05) is 25.1 Å². The Morgan fingerprint density at radius 3 is 2.65 bits per heavy atom. The molecule has 2 N–H and O–H groups in total. The molecule has 0 unspecified atom stereocenters. The SMILES string of the molecule is Cc1ccc(NC(=O)NCCCOCC(C)C)cc1C. The van der Waals surface area contributed by atoms with Crippen molar-refractivity contribution < 1.29 is 9.53 Å². The van der Waals surface area contributed by atoms with Gasteiger partial charge in [-0.25, -0.2) is 4.79 Å². The van der Waals surface area contributed by atoms with E-state index < -0.39 is 0 Å². The van der Waals surface area contributed by atoms with Gasteiger partial charge in [0.1, 0.15) is 0 Å². The van der Waals surface area contributed by atoms with Gasteiger partial charge in [0, 0.05) is 25.4 Å². The molecule has 1 aromatic carbocycles. The highest BCUT2D eigenvalue weighted by Crippen LogP contribution is 2.13. The van der Waals surface area contributed by atoms with Crippen LogP contribution < -0.4 is 10.6 Å². The molecule has 112 valence electrons. The van der Waals surface area contributed by atoms with Gasteiger partial charge in [0.2, 0.25) is 0 Å². The number of urea groups is 1. The molecule has 0 fully saturated rings. The van der Waals surface area contributed by atoms with Crippen molar-refractivity contribution in [3.8, 4) is 0 Å². The fourth-order valence-electron chi connectivity index (χ4n) is 1.69. The van der Waals surface area contributed by atoms with Crippen LogP contribution in [0.15, 0.2) is 18.2 Å². The average molecular weight is 278 g/mol. The Morgan fingerprint density at radius 2 is 2.00 bits per heavy atom. The first-order valence-electron chi connectivity index (χ1n) is 7.19. The topological polar surface area (TPSA) is 50.4 Å². The summed E-state index contributed by atoms with van der Waals surface area (Å²) in [5.41, 5.74) is 3.21. The van der Waals surface area contributed by atoms with Crippen LogP contribution in [0.5, 0.6) is 0 Å². The summed E-state index contributed by atoms with van der Waals surface area (Å²) >= 11 is 0. The van der Waals surface area contributed by atoms with E-state index in [1.165, 1.54) is 11.1 Å². The first kappa shape index (κ1) is 16.5. The zero-order chi connectivity index (χ0) is 15.0. The number of rotatable bonds is 7. The van der Waals surface area contributed by atoms with Crippen LogP contribution in [-0.2, 0) is 4.74 Å². The minimum absolute atomic E-state index is 0.169. The third-order valence-electron chi connectivity index (χ3n) is 2.97. The van der Waals surface area contributed by atoms with Crippen molar-refractivity contribution in [2.45, 2.75) is 34.1 Å². The van der Waals surface area contributed by atoms with Gasteiger partial charge in [0.15, 0.2) is 0 Å². The Bertz CT molecular complexity index is 430. The maximum atomic E-state index is 11.7. The summed E-state index contributed by atoms with van der Waals surface area (Å²) in [4.78, 5) is 11.7. The lowest BCUT2D eigenvalue weighted by Gasteiger charge is -2.10. The molecular weight excluding hydrogens is 252 g/mol. The molecule has 0 atom stereocenters. The van der Waals surface area contributed by atoms with Gasteiger partial charge in [0.05, 0.1) is 0 Å². The summed E-state index contributed by atoms with van der Waals surface area (Å²) in [6.07, 6.45) is 0.826. The molecule has 0 aliphatic carbocycles. The number of carbonyl (C=O) groups is 1. The molecule has 2 amide bonds. The zero-order valence-electron chi connectivity index (χ0n) is 13.0. The first-order valence-corrected chi connectivity index (χ1v) is 7.19. The molecule has 20 heavy (non-hydrogen) atoms. The lowest BCUT2D eigenvalue weighted by atomic mass is 10.1. The number of nitrogens with one attached hydrogen (secondary N) is 2. The molecule has 4 nitrogen and oxygen atoms in total. The molecule has 0 bridgehead atoms. The molecule has 0 saturated heterocycles. The van der Waals surface area contributed by atoms with Crippen molar-refractivity contribution in [3.05, 3.63) is 29.3 Å². The van der Waals surface area contributed by atoms with E-state index in [9.17, 15) is 4.79 Å². The summed E-state index contributed by atoms with van der Waals surface area (Å²) in [6, 6.07) is 5.72. The molecule has 0 radical (unpaired) electrons. The molecular formula is C16H26N2O2. The summed E-state index contributed by atoms with van der Waals surface area (Å²) in [5.74, 6) is 0.552. The van der Waals surface area contributed by atoms with E-state index in [4.69, 9.17) is 4.74 Å². The average Bonchev–Trinajstić information content (AvgIpc) is 2.38. The summed E-state index contributed by atoms with van der Waals surface area (Å²) < 4.78 is 5.45. The number of amides is 2. The molecule has 0 aromatic heterocycles. The first-order chi connectivity index (χ1) is 9.49. The Kier molecular flexibility index (Phi) is 7.09. The van der Waals surface area contributed by atoms with E-state index in [0.717, 1.165) is 18.7 Å². The van der Waals surface area contributed by atoms with Gasteiger partial charge in [-0.1, -0.05) is 19.9 Å². The van der Waals surface area contributed by atoms with Crippen LogP contribution in [-0.4, -0.2) is 25.8 Å². The van der Waals surface area contributed by atoms with Gasteiger partial charge in [-0.2, -0.15) is 0 Å². The lowest BCUT2D eigenvalue weighted by Crippen LogP contribution is -2.30. The predicted molar refractivity (Wildman–Crippen MR) is 83.2 cm³/mol. The normalized spacial score (nSPS) is 10.7. The minimum Gasteiger partial charge on any atom is -0.381 e. The second kappa shape index (κ2) is 8.59. The summed E-state index contributed by atoms with van der Waals surface area (Å²) in [7, 11) is 0. The fourth-order valence-corrected chi connectivity index (χ4v) is 1.69. The highest BCUT2D eigenvalue weighted by atomic mass is 16.5. The molecule has 0 aliphatic heterocycles. The molecule has 0 saturated carbocycles. The Morgan fingerprint density at radius 1 is 1.25 bits per heavy atom. The van der Waals surface area contributed by atoms with Crippen LogP contribution in [0, 0.1) is 19.8 Å². The van der Waals surface area contributed by atoms with Crippen LogP contribution >= 0.6 is 0 Å². The van der Waals surface area contributed by atoms with Crippen LogP contribution in [0.1, 0.15) is 31.4 Å². The second-order valence-electron chi connectivity index (χ2n) is 5.50. The second-order valence-corrected chi connectivity index (χ2v) is 5.50. The van der Waals surface area contributed by atoms with Gasteiger partial charge >= 0.3 is 6.03 Å². The van der Waals surface area contributed by atoms with Crippen molar-refractivity contribution in [2.75, 3.05) is 25.1 Å². The van der Waals surface area contributed by atoms with Crippen molar-refractivity contribution in [1.82, 2.24) is 5.32 Å². The highest BCUT2D eigenvalue weighted by Gasteiger charge is 2.02. The van der Waals surface area contributed by atoms with Gasteiger partial charge in [0.25, 0.3) is 0 Å². The Labute approximate surface area is 121 Å². The zero-order valence-corrected chi connectivity index (χ0v) is 13.0. The van der Waals surface area contributed by atoms with Crippen molar-refractivity contribution in [2.24, 2.45) is 5.92 Å². The Balaban J connectivity index is 2.18. The minimum atomic E-state index is -0.169. The number of aryl methyl sites for hydroxylation is 2. The number of hydrogen-bond acceptors (Lipinski definition) is 2. The third kappa shape index (κ3) is 6.57. The number of anilines is 1. The largest absolute Gasteiger partial charge is 0.381 e. The van der Waals surface area contributed by atoms with Gasteiger partial charge < -0.3 is 15.4 Å².